The zero-order valence-corrected chi connectivity index (χ0v) is 18.1. The van der Waals surface area contributed by atoms with Crippen LogP contribution < -0.4 is 10.3 Å². The first-order chi connectivity index (χ1) is 14.5. The molecule has 0 spiro atoms. The first-order valence-corrected chi connectivity index (χ1v) is 11.3. The van der Waals surface area contributed by atoms with Crippen molar-refractivity contribution < 1.29 is 14.3 Å². The molecule has 2 aromatic heterocycles. The Morgan fingerprint density at radius 1 is 1.20 bits per heavy atom. The Hall–Kier alpha value is -2.67. The predicted molar refractivity (Wildman–Crippen MR) is 118 cm³/mol. The van der Waals surface area contributed by atoms with Crippen molar-refractivity contribution in [2.75, 3.05) is 0 Å². The molecule has 1 aliphatic carbocycles. The van der Waals surface area contributed by atoms with Crippen molar-refractivity contribution in [1.29, 1.82) is 0 Å². The van der Waals surface area contributed by atoms with Gasteiger partial charge in [0, 0.05) is 10.9 Å². The quantitative estimate of drug-likeness (QED) is 0.530. The van der Waals surface area contributed by atoms with Crippen LogP contribution in [0.5, 0.6) is 5.75 Å². The molecule has 1 aliphatic rings. The summed E-state index contributed by atoms with van der Waals surface area (Å²) in [5.41, 5.74) is 1.51. The monoisotopic (exact) mass is 426 g/mol. The van der Waals surface area contributed by atoms with Crippen LogP contribution in [0.15, 0.2) is 40.8 Å². The third-order valence-electron chi connectivity index (χ3n) is 5.25. The molecule has 0 N–H and O–H groups in total. The molecule has 0 radical (unpaired) electrons. The Bertz CT molecular complexity index is 1080. The van der Waals surface area contributed by atoms with Crippen molar-refractivity contribution in [3.05, 3.63) is 46.3 Å². The van der Waals surface area contributed by atoms with Crippen LogP contribution in [0, 0.1) is 0 Å². The highest BCUT2D eigenvalue weighted by Gasteiger charge is 2.19. The van der Waals surface area contributed by atoms with Gasteiger partial charge in [0.2, 0.25) is 0 Å². The Morgan fingerprint density at radius 3 is 2.63 bits per heavy atom. The lowest BCUT2D eigenvalue weighted by molar-refractivity contribution is -0.151. The lowest BCUT2D eigenvalue weighted by atomic mass is 9.98. The number of carbonyl (C=O) groups is 1. The van der Waals surface area contributed by atoms with Gasteiger partial charge in [0.25, 0.3) is 5.56 Å². The van der Waals surface area contributed by atoms with Crippen LogP contribution in [0.2, 0.25) is 0 Å². The number of hydrogen-bond acceptors (Lipinski definition) is 6. The maximum absolute atomic E-state index is 13.1. The van der Waals surface area contributed by atoms with E-state index in [1.54, 1.807) is 0 Å². The molecule has 0 amide bonds. The number of rotatable bonds is 6. The maximum atomic E-state index is 13.1. The Morgan fingerprint density at radius 2 is 1.93 bits per heavy atom. The fraction of sp³-hybridized carbons (Fsp3) is 0.435. The van der Waals surface area contributed by atoms with Gasteiger partial charge in [-0.3, -0.25) is 14.2 Å². The van der Waals surface area contributed by atoms with E-state index in [2.05, 4.69) is 4.98 Å². The van der Waals surface area contributed by atoms with Crippen LogP contribution in [0.1, 0.15) is 46.0 Å². The number of carbonyl (C=O) groups excluding carboxylic acids is 1. The smallest absolute Gasteiger partial charge is 0.326 e. The molecule has 2 heterocycles. The van der Waals surface area contributed by atoms with E-state index in [1.807, 2.05) is 43.5 Å². The van der Waals surface area contributed by atoms with Crippen LogP contribution in [-0.4, -0.2) is 27.7 Å². The minimum absolute atomic E-state index is 0.0260. The summed E-state index contributed by atoms with van der Waals surface area (Å²) in [4.78, 5) is 30.5. The fourth-order valence-electron chi connectivity index (χ4n) is 3.82. The lowest BCUT2D eigenvalue weighted by Crippen LogP contribution is -2.28. The van der Waals surface area contributed by atoms with Gasteiger partial charge in [-0.2, -0.15) is 0 Å². The molecule has 0 unspecified atom stereocenters. The summed E-state index contributed by atoms with van der Waals surface area (Å²) in [5.74, 6) is 0.409. The SMILES string of the molecule is CC(C)Oc1ccc(-c2csc3ncn(CC(=O)OC4CCCCC4)c(=O)c23)cc1. The van der Waals surface area contributed by atoms with E-state index in [4.69, 9.17) is 9.47 Å². The van der Waals surface area contributed by atoms with Crippen molar-refractivity contribution in [1.82, 2.24) is 9.55 Å². The average molecular weight is 427 g/mol. The van der Waals surface area contributed by atoms with Gasteiger partial charge in [-0.05, 0) is 57.2 Å². The van der Waals surface area contributed by atoms with Crippen LogP contribution in [-0.2, 0) is 16.1 Å². The predicted octanol–water partition coefficient (Wildman–Crippen LogP) is 4.79. The van der Waals surface area contributed by atoms with Gasteiger partial charge >= 0.3 is 5.97 Å². The number of esters is 1. The number of benzene rings is 1. The summed E-state index contributed by atoms with van der Waals surface area (Å²) < 4.78 is 12.6. The van der Waals surface area contributed by atoms with Gasteiger partial charge in [0.05, 0.1) is 17.8 Å². The number of thiophene rings is 1. The van der Waals surface area contributed by atoms with E-state index in [9.17, 15) is 9.59 Å². The van der Waals surface area contributed by atoms with Gasteiger partial charge in [0.1, 0.15) is 23.2 Å². The molecule has 30 heavy (non-hydrogen) atoms. The van der Waals surface area contributed by atoms with Crippen molar-refractivity contribution in [3.63, 3.8) is 0 Å². The molecule has 1 fully saturated rings. The van der Waals surface area contributed by atoms with Crippen LogP contribution in [0.25, 0.3) is 21.3 Å². The largest absolute Gasteiger partial charge is 0.491 e. The van der Waals surface area contributed by atoms with E-state index < -0.39 is 0 Å². The summed E-state index contributed by atoms with van der Waals surface area (Å²) in [6, 6.07) is 7.67. The molecule has 158 valence electrons. The molecule has 0 saturated heterocycles. The van der Waals surface area contributed by atoms with Crippen LogP contribution in [0.4, 0.5) is 0 Å². The second-order valence-electron chi connectivity index (χ2n) is 7.95. The van der Waals surface area contributed by atoms with Crippen molar-refractivity contribution in [2.24, 2.45) is 0 Å². The standard InChI is InChI=1S/C23H26N2O4S/c1-15(2)28-18-10-8-16(9-11-18)19-13-30-22-21(19)23(27)25(14-24-22)12-20(26)29-17-6-4-3-5-7-17/h8-11,13-15,17H,3-7,12H2,1-2H3. The van der Waals surface area contributed by atoms with Crippen LogP contribution in [0.3, 0.4) is 0 Å². The molecule has 1 saturated carbocycles. The number of hydrogen-bond donors (Lipinski definition) is 0. The summed E-state index contributed by atoms with van der Waals surface area (Å²) in [6.45, 7) is 3.84. The number of aromatic nitrogens is 2. The van der Waals surface area contributed by atoms with Gasteiger partial charge in [-0.25, -0.2) is 4.98 Å². The first-order valence-electron chi connectivity index (χ1n) is 10.4. The molecule has 0 bridgehead atoms. The highest BCUT2D eigenvalue weighted by atomic mass is 32.1. The molecular weight excluding hydrogens is 400 g/mol. The van der Waals surface area contributed by atoms with E-state index in [0.29, 0.717) is 10.2 Å². The Kier molecular flexibility index (Phi) is 6.18. The van der Waals surface area contributed by atoms with Gasteiger partial charge in [-0.1, -0.05) is 18.6 Å². The lowest BCUT2D eigenvalue weighted by Gasteiger charge is -2.21. The van der Waals surface area contributed by atoms with E-state index >= 15 is 0 Å². The Labute approximate surface area is 179 Å². The van der Waals surface area contributed by atoms with Crippen molar-refractivity contribution >= 4 is 27.5 Å². The number of fused-ring (bicyclic) bond motifs is 1. The molecular formula is C23H26N2O4S. The summed E-state index contributed by atoms with van der Waals surface area (Å²) >= 11 is 1.42. The van der Waals surface area contributed by atoms with Crippen molar-refractivity contribution in [2.45, 2.75) is 64.7 Å². The number of ether oxygens (including phenoxy) is 2. The second kappa shape index (κ2) is 9.00. The summed E-state index contributed by atoms with van der Waals surface area (Å²) in [5, 5.41) is 2.47. The zero-order valence-electron chi connectivity index (χ0n) is 17.3. The van der Waals surface area contributed by atoms with Gasteiger partial charge in [0.15, 0.2) is 0 Å². The highest BCUT2D eigenvalue weighted by Crippen LogP contribution is 2.31. The molecule has 7 heteroatoms. The minimum atomic E-state index is -0.378. The highest BCUT2D eigenvalue weighted by molar-refractivity contribution is 7.17. The maximum Gasteiger partial charge on any atom is 0.326 e. The average Bonchev–Trinajstić information content (AvgIpc) is 3.16. The summed E-state index contributed by atoms with van der Waals surface area (Å²) in [6.07, 6.45) is 6.69. The normalized spacial score (nSPS) is 14.9. The van der Waals surface area contributed by atoms with E-state index in [1.165, 1.54) is 28.7 Å². The zero-order chi connectivity index (χ0) is 21.1. The molecule has 1 aromatic carbocycles. The van der Waals surface area contributed by atoms with Crippen LogP contribution >= 0.6 is 11.3 Å². The molecule has 0 atom stereocenters. The van der Waals surface area contributed by atoms with Gasteiger partial charge < -0.3 is 9.47 Å². The first kappa shape index (κ1) is 20.6. The second-order valence-corrected chi connectivity index (χ2v) is 8.81. The molecule has 3 aromatic rings. The van der Waals surface area contributed by atoms with Gasteiger partial charge in [-0.15, -0.1) is 11.3 Å². The Balaban J connectivity index is 1.57. The van der Waals surface area contributed by atoms with Crippen molar-refractivity contribution in [3.8, 4) is 16.9 Å². The van der Waals surface area contributed by atoms with E-state index in [-0.39, 0.29) is 30.3 Å². The minimum Gasteiger partial charge on any atom is -0.491 e. The number of nitrogens with zero attached hydrogens (tertiary/aromatic N) is 2. The fourth-order valence-corrected chi connectivity index (χ4v) is 4.73. The summed E-state index contributed by atoms with van der Waals surface area (Å²) in [7, 11) is 0. The van der Waals surface area contributed by atoms with E-state index in [0.717, 1.165) is 42.6 Å². The molecule has 0 aliphatic heterocycles. The molecule has 4 rings (SSSR count). The molecule has 6 nitrogen and oxygen atoms in total. The topological polar surface area (TPSA) is 70.4 Å². The third kappa shape index (κ3) is 4.56. The third-order valence-corrected chi connectivity index (χ3v) is 6.13.